The number of carbonyl (C=O) groups is 2. The highest BCUT2D eigenvalue weighted by molar-refractivity contribution is 6.30. The molecule has 1 aromatic heterocycles. The third kappa shape index (κ3) is 4.74. The van der Waals surface area contributed by atoms with Crippen molar-refractivity contribution in [1.82, 2.24) is 15.6 Å². The molecule has 0 unspecified atom stereocenters. The van der Waals surface area contributed by atoms with E-state index in [0.717, 1.165) is 12.3 Å². The van der Waals surface area contributed by atoms with Gasteiger partial charge in [0.1, 0.15) is 23.0 Å². The smallest absolute Gasteiger partial charge is 0.387 e. The molecule has 2 N–H and O–H groups in total. The second-order valence-corrected chi connectivity index (χ2v) is 8.45. The van der Waals surface area contributed by atoms with Crippen molar-refractivity contribution < 1.29 is 32.2 Å². The van der Waals surface area contributed by atoms with Crippen LogP contribution in [0.3, 0.4) is 0 Å². The molecule has 0 radical (unpaired) electrons. The van der Waals surface area contributed by atoms with Crippen LogP contribution in [0.1, 0.15) is 36.2 Å². The molecule has 0 saturated heterocycles. The van der Waals surface area contributed by atoms with E-state index >= 15 is 0 Å². The molecule has 32 heavy (non-hydrogen) atoms. The Hall–Kier alpha value is -3.01. The topological polar surface area (TPSA) is 89.6 Å². The first kappa shape index (κ1) is 22.2. The lowest BCUT2D eigenvalue weighted by molar-refractivity contribution is -0.126. The number of fused-ring (bicyclic) bond motifs is 1. The molecule has 170 valence electrons. The number of amides is 2. The average Bonchev–Trinajstić information content (AvgIpc) is 3.23. The van der Waals surface area contributed by atoms with Crippen LogP contribution in [0, 0.1) is 5.82 Å². The maximum Gasteiger partial charge on any atom is 0.387 e. The van der Waals surface area contributed by atoms with Crippen LogP contribution >= 0.6 is 11.6 Å². The minimum Gasteiger partial charge on any atom is -0.484 e. The SMILES string of the molecule is O=C(COc1ccc(Cl)c(F)c1)NC12CCC(NC(=O)c3ccc(OC(F)F)cn3)(C1)C2. The number of halogens is 4. The number of hydrogen-bond donors (Lipinski definition) is 2. The van der Waals surface area contributed by atoms with Crippen molar-refractivity contribution >= 4 is 23.4 Å². The minimum absolute atomic E-state index is 0.0351. The summed E-state index contributed by atoms with van der Waals surface area (Å²) in [5.41, 5.74) is -0.802. The van der Waals surface area contributed by atoms with E-state index < -0.39 is 29.4 Å². The maximum absolute atomic E-state index is 13.4. The van der Waals surface area contributed by atoms with Gasteiger partial charge in [-0.1, -0.05) is 11.6 Å². The van der Waals surface area contributed by atoms with Crippen LogP contribution in [0.5, 0.6) is 11.5 Å². The predicted molar refractivity (Wildman–Crippen MR) is 107 cm³/mol. The van der Waals surface area contributed by atoms with Crippen LogP contribution in [0.25, 0.3) is 0 Å². The summed E-state index contributed by atoms with van der Waals surface area (Å²) >= 11 is 5.62. The van der Waals surface area contributed by atoms with Crippen molar-refractivity contribution in [3.63, 3.8) is 0 Å². The molecule has 0 spiro atoms. The van der Waals surface area contributed by atoms with Gasteiger partial charge in [0, 0.05) is 17.1 Å². The Labute approximate surface area is 186 Å². The predicted octanol–water partition coefficient (Wildman–Crippen LogP) is 3.47. The van der Waals surface area contributed by atoms with Gasteiger partial charge in [-0.25, -0.2) is 9.37 Å². The van der Waals surface area contributed by atoms with Gasteiger partial charge in [-0.3, -0.25) is 9.59 Å². The Balaban J connectivity index is 1.26. The Kier molecular flexibility index (Phi) is 5.89. The molecule has 3 fully saturated rings. The van der Waals surface area contributed by atoms with Gasteiger partial charge in [-0.15, -0.1) is 0 Å². The van der Waals surface area contributed by atoms with E-state index in [-0.39, 0.29) is 34.7 Å². The molecule has 2 bridgehead atoms. The number of pyridine rings is 1. The van der Waals surface area contributed by atoms with Gasteiger partial charge in [0.05, 0.1) is 11.2 Å². The standard InChI is InChI=1S/C21H19ClF3N3O4/c22-14-3-1-12(7-15(14)23)31-9-17(29)27-20-5-6-21(10-20,11-20)28-18(30)16-4-2-13(8-26-16)32-19(24)25/h1-4,7-8,19H,5-6,9-11H2,(H,27,29)(H,28,30). The van der Waals surface area contributed by atoms with E-state index in [9.17, 15) is 22.8 Å². The zero-order valence-electron chi connectivity index (χ0n) is 16.7. The van der Waals surface area contributed by atoms with Crippen LogP contribution in [0.4, 0.5) is 13.2 Å². The zero-order chi connectivity index (χ0) is 22.9. The van der Waals surface area contributed by atoms with Gasteiger partial charge in [-0.05, 0) is 49.9 Å². The minimum atomic E-state index is -2.97. The second kappa shape index (κ2) is 8.50. The molecule has 5 rings (SSSR count). The maximum atomic E-state index is 13.4. The van der Waals surface area contributed by atoms with Crippen molar-refractivity contribution in [2.75, 3.05) is 6.61 Å². The normalized spacial score (nSPS) is 23.4. The molecule has 1 heterocycles. The van der Waals surface area contributed by atoms with E-state index in [1.54, 1.807) is 0 Å². The third-order valence-corrected chi connectivity index (χ3v) is 5.98. The quantitative estimate of drug-likeness (QED) is 0.618. The van der Waals surface area contributed by atoms with Crippen LogP contribution < -0.4 is 20.1 Å². The van der Waals surface area contributed by atoms with E-state index in [1.165, 1.54) is 24.3 Å². The van der Waals surface area contributed by atoms with Gasteiger partial charge >= 0.3 is 6.61 Å². The van der Waals surface area contributed by atoms with Crippen molar-refractivity contribution in [2.45, 2.75) is 43.4 Å². The van der Waals surface area contributed by atoms with Crippen LogP contribution in [0.2, 0.25) is 5.02 Å². The number of aromatic nitrogens is 1. The lowest BCUT2D eigenvalue weighted by Crippen LogP contribution is -2.64. The number of carbonyl (C=O) groups excluding carboxylic acids is 2. The number of alkyl halides is 2. The Bertz CT molecular complexity index is 1030. The molecule has 7 nitrogen and oxygen atoms in total. The summed E-state index contributed by atoms with van der Waals surface area (Å²) in [6, 6.07) is 6.47. The largest absolute Gasteiger partial charge is 0.484 e. The van der Waals surface area contributed by atoms with Crippen molar-refractivity contribution in [2.24, 2.45) is 0 Å². The Morgan fingerprint density at radius 3 is 2.41 bits per heavy atom. The molecule has 3 aliphatic carbocycles. The summed E-state index contributed by atoms with van der Waals surface area (Å²) in [7, 11) is 0. The first-order valence-electron chi connectivity index (χ1n) is 9.80. The number of benzene rings is 1. The van der Waals surface area contributed by atoms with Crippen molar-refractivity contribution in [3.05, 3.63) is 53.1 Å². The van der Waals surface area contributed by atoms with Gasteiger partial charge in [0.25, 0.3) is 11.8 Å². The summed E-state index contributed by atoms with van der Waals surface area (Å²) in [5, 5.41) is 5.85. The lowest BCUT2D eigenvalue weighted by Gasteiger charge is -2.48. The molecule has 0 atom stereocenters. The molecule has 3 aliphatic rings. The first-order valence-corrected chi connectivity index (χ1v) is 10.2. The van der Waals surface area contributed by atoms with Crippen LogP contribution in [-0.2, 0) is 4.79 Å². The summed E-state index contributed by atoms with van der Waals surface area (Å²) in [6.45, 7) is -3.25. The molecule has 1 aromatic carbocycles. The molecule has 2 amide bonds. The summed E-state index contributed by atoms with van der Waals surface area (Å²) in [5.74, 6) is -1.35. The van der Waals surface area contributed by atoms with Crippen LogP contribution in [0.15, 0.2) is 36.5 Å². The average molecular weight is 470 g/mol. The Morgan fingerprint density at radius 1 is 1.09 bits per heavy atom. The monoisotopic (exact) mass is 469 g/mol. The first-order chi connectivity index (χ1) is 15.2. The van der Waals surface area contributed by atoms with Crippen molar-refractivity contribution in [3.8, 4) is 11.5 Å². The molecule has 0 aliphatic heterocycles. The number of rotatable bonds is 8. The fourth-order valence-corrected chi connectivity index (χ4v) is 4.53. The highest BCUT2D eigenvalue weighted by atomic mass is 35.5. The zero-order valence-corrected chi connectivity index (χ0v) is 17.4. The van der Waals surface area contributed by atoms with E-state index in [0.29, 0.717) is 25.7 Å². The highest BCUT2D eigenvalue weighted by Gasteiger charge is 2.62. The summed E-state index contributed by atoms with van der Waals surface area (Å²) in [6.07, 6.45) is 3.53. The van der Waals surface area contributed by atoms with Gasteiger partial charge < -0.3 is 20.1 Å². The molecular weight excluding hydrogens is 451 g/mol. The fraction of sp³-hybridized carbons (Fsp3) is 0.381. The van der Waals surface area contributed by atoms with Gasteiger partial charge in [-0.2, -0.15) is 8.78 Å². The number of hydrogen-bond acceptors (Lipinski definition) is 5. The third-order valence-electron chi connectivity index (χ3n) is 5.67. The fourth-order valence-electron chi connectivity index (χ4n) is 4.42. The van der Waals surface area contributed by atoms with Crippen molar-refractivity contribution in [1.29, 1.82) is 0 Å². The molecular formula is C21H19ClF3N3O4. The van der Waals surface area contributed by atoms with Gasteiger partial charge in [0.2, 0.25) is 0 Å². The highest BCUT2D eigenvalue weighted by Crippen LogP contribution is 2.55. The molecule has 11 heteroatoms. The molecule has 2 aromatic rings. The molecule has 3 saturated carbocycles. The van der Waals surface area contributed by atoms with E-state index in [4.69, 9.17) is 16.3 Å². The van der Waals surface area contributed by atoms with E-state index in [2.05, 4.69) is 20.4 Å². The number of nitrogens with zero attached hydrogens (tertiary/aromatic N) is 1. The summed E-state index contributed by atoms with van der Waals surface area (Å²) in [4.78, 5) is 28.6. The van der Waals surface area contributed by atoms with E-state index in [1.807, 2.05) is 0 Å². The number of ether oxygens (including phenoxy) is 2. The number of nitrogens with one attached hydrogen (secondary N) is 2. The Morgan fingerprint density at radius 2 is 1.78 bits per heavy atom. The lowest BCUT2D eigenvalue weighted by atomic mass is 9.71. The van der Waals surface area contributed by atoms with Gasteiger partial charge in [0.15, 0.2) is 6.61 Å². The van der Waals surface area contributed by atoms with Crippen LogP contribution in [-0.4, -0.2) is 41.1 Å². The summed E-state index contributed by atoms with van der Waals surface area (Å²) < 4.78 is 47.4. The second-order valence-electron chi connectivity index (χ2n) is 8.04.